The van der Waals surface area contributed by atoms with Gasteiger partial charge in [0, 0.05) is 0 Å². The van der Waals surface area contributed by atoms with Crippen molar-refractivity contribution >= 4 is 47.2 Å². The second-order valence-electron chi connectivity index (χ2n) is 6.65. The Kier molecular flexibility index (Phi) is 8.62. The van der Waals surface area contributed by atoms with Gasteiger partial charge in [0.1, 0.15) is 11.5 Å². The number of rotatable bonds is 8. The Labute approximate surface area is 191 Å². The summed E-state index contributed by atoms with van der Waals surface area (Å²) < 4.78 is 11.1. The number of hydrogen-bond acceptors (Lipinski definition) is 6. The molecule has 31 heavy (non-hydrogen) atoms. The molecular formula is C25H24O4S2. The molecule has 1 saturated heterocycles. The number of ketones is 2. The third kappa shape index (κ3) is 6.64. The summed E-state index contributed by atoms with van der Waals surface area (Å²) >= 11 is 3.16. The highest BCUT2D eigenvalue weighted by Gasteiger charge is 2.22. The number of thioether (sulfide) groups is 2. The molecule has 6 heteroatoms. The van der Waals surface area contributed by atoms with Gasteiger partial charge in [-0.1, -0.05) is 36.4 Å². The van der Waals surface area contributed by atoms with Gasteiger partial charge in [-0.25, -0.2) is 0 Å². The first-order chi connectivity index (χ1) is 15.1. The van der Waals surface area contributed by atoms with Gasteiger partial charge in [0.05, 0.1) is 24.0 Å². The number of carbonyl (C=O) groups is 2. The van der Waals surface area contributed by atoms with E-state index >= 15 is 0 Å². The normalized spacial score (nSPS) is 14.1. The van der Waals surface area contributed by atoms with E-state index in [1.165, 1.54) is 12.2 Å². The fourth-order valence-electron chi connectivity index (χ4n) is 2.84. The van der Waals surface area contributed by atoms with Gasteiger partial charge < -0.3 is 9.47 Å². The molecule has 3 rings (SSSR count). The van der Waals surface area contributed by atoms with E-state index in [0.717, 1.165) is 44.8 Å². The first-order valence-electron chi connectivity index (χ1n) is 9.83. The first-order valence-corrected chi connectivity index (χ1v) is 11.8. The standard InChI is InChI=1S/C25H24O4S2/c1-28-20-10-4-18(5-11-20)8-14-22(26)24(25-30-16-3-17-31-25)23(27)15-9-19-6-12-21(29-2)13-7-19/h4-15H,3,16-17H2,1-2H3/b14-8+,15-9+. The predicted octanol–water partition coefficient (Wildman–Crippen LogP) is 5.65. The van der Waals surface area contributed by atoms with Crippen molar-refractivity contribution in [2.45, 2.75) is 6.42 Å². The van der Waals surface area contributed by atoms with Gasteiger partial charge in [0.2, 0.25) is 0 Å². The van der Waals surface area contributed by atoms with Gasteiger partial charge in [-0.2, -0.15) is 0 Å². The summed E-state index contributed by atoms with van der Waals surface area (Å²) in [5.74, 6) is 2.77. The summed E-state index contributed by atoms with van der Waals surface area (Å²) in [6.45, 7) is 0. The van der Waals surface area contributed by atoms with Crippen LogP contribution in [0, 0.1) is 0 Å². The highest BCUT2D eigenvalue weighted by Crippen LogP contribution is 2.38. The van der Waals surface area contributed by atoms with E-state index in [4.69, 9.17) is 9.47 Å². The van der Waals surface area contributed by atoms with Crippen LogP contribution in [0.3, 0.4) is 0 Å². The number of ether oxygens (including phenoxy) is 2. The molecule has 0 amide bonds. The van der Waals surface area contributed by atoms with Crippen LogP contribution in [0.4, 0.5) is 0 Å². The predicted molar refractivity (Wildman–Crippen MR) is 131 cm³/mol. The average Bonchev–Trinajstić information content (AvgIpc) is 2.83. The number of benzene rings is 2. The molecule has 0 aliphatic carbocycles. The van der Waals surface area contributed by atoms with Crippen LogP contribution < -0.4 is 9.47 Å². The highest BCUT2D eigenvalue weighted by atomic mass is 32.2. The lowest BCUT2D eigenvalue weighted by atomic mass is 10.1. The lowest BCUT2D eigenvalue weighted by molar-refractivity contribution is -0.116. The number of carbonyl (C=O) groups excluding carboxylic acids is 2. The van der Waals surface area contributed by atoms with Crippen LogP contribution in [-0.4, -0.2) is 37.3 Å². The maximum Gasteiger partial charge on any atom is 0.191 e. The van der Waals surface area contributed by atoms with Gasteiger partial charge >= 0.3 is 0 Å². The van der Waals surface area contributed by atoms with Crippen molar-refractivity contribution < 1.29 is 19.1 Å². The largest absolute Gasteiger partial charge is 0.497 e. The fourth-order valence-corrected chi connectivity index (χ4v) is 5.49. The summed E-state index contributed by atoms with van der Waals surface area (Å²) in [5, 5.41) is 0. The molecule has 4 nitrogen and oxygen atoms in total. The maximum absolute atomic E-state index is 13.0. The van der Waals surface area contributed by atoms with E-state index in [2.05, 4.69) is 0 Å². The SMILES string of the molecule is COc1ccc(/C=C/C(=O)C(C(=O)/C=C/c2ccc(OC)cc2)=C2SCCCS2)cc1. The van der Waals surface area contributed by atoms with Crippen molar-refractivity contribution in [2.75, 3.05) is 25.7 Å². The van der Waals surface area contributed by atoms with E-state index in [0.29, 0.717) is 0 Å². The zero-order chi connectivity index (χ0) is 22.1. The molecule has 0 spiro atoms. The van der Waals surface area contributed by atoms with Crippen molar-refractivity contribution in [3.8, 4) is 11.5 Å². The summed E-state index contributed by atoms with van der Waals surface area (Å²) in [6, 6.07) is 14.8. The van der Waals surface area contributed by atoms with Crippen molar-refractivity contribution in [2.24, 2.45) is 0 Å². The third-order valence-corrected chi connectivity index (χ3v) is 7.16. The average molecular weight is 453 g/mol. The second-order valence-corrected chi connectivity index (χ2v) is 9.12. The molecule has 0 saturated carbocycles. The minimum Gasteiger partial charge on any atom is -0.497 e. The van der Waals surface area contributed by atoms with E-state index < -0.39 is 0 Å². The second kappa shape index (κ2) is 11.6. The summed E-state index contributed by atoms with van der Waals surface area (Å²) in [4.78, 5) is 26.0. The quantitative estimate of drug-likeness (QED) is 0.293. The minimum atomic E-state index is -0.280. The molecule has 0 aromatic heterocycles. The van der Waals surface area contributed by atoms with Crippen LogP contribution >= 0.6 is 23.5 Å². The number of hydrogen-bond donors (Lipinski definition) is 0. The van der Waals surface area contributed by atoms with Crippen LogP contribution in [0.15, 0.2) is 70.5 Å². The van der Waals surface area contributed by atoms with Gasteiger partial charge in [-0.15, -0.1) is 23.5 Å². The zero-order valence-electron chi connectivity index (χ0n) is 17.5. The van der Waals surface area contributed by atoms with E-state index in [1.54, 1.807) is 49.9 Å². The van der Waals surface area contributed by atoms with Crippen molar-refractivity contribution in [1.82, 2.24) is 0 Å². The van der Waals surface area contributed by atoms with Crippen LogP contribution in [0.25, 0.3) is 12.2 Å². The monoisotopic (exact) mass is 452 g/mol. The Bertz CT molecular complexity index is 923. The molecule has 0 bridgehead atoms. The Morgan fingerprint density at radius 3 is 1.55 bits per heavy atom. The number of allylic oxidation sites excluding steroid dienone is 3. The van der Waals surface area contributed by atoms with Gasteiger partial charge in [-0.05, 0) is 65.5 Å². The van der Waals surface area contributed by atoms with Crippen molar-refractivity contribution in [3.05, 3.63) is 81.6 Å². The molecule has 1 heterocycles. The van der Waals surface area contributed by atoms with Crippen molar-refractivity contribution in [1.29, 1.82) is 0 Å². The van der Waals surface area contributed by atoms with Crippen LogP contribution in [0.5, 0.6) is 11.5 Å². The van der Waals surface area contributed by atoms with Crippen LogP contribution in [0.2, 0.25) is 0 Å². The summed E-state index contributed by atoms with van der Waals surface area (Å²) in [6.07, 6.45) is 7.46. The Balaban J connectivity index is 1.81. The molecule has 160 valence electrons. The topological polar surface area (TPSA) is 52.6 Å². The minimum absolute atomic E-state index is 0.240. The maximum atomic E-state index is 13.0. The van der Waals surface area contributed by atoms with Gasteiger partial charge in [0.15, 0.2) is 11.6 Å². The van der Waals surface area contributed by atoms with Crippen LogP contribution in [0.1, 0.15) is 17.5 Å². The molecule has 1 fully saturated rings. The Hall–Kier alpha value is -2.70. The molecule has 2 aromatic rings. The van der Waals surface area contributed by atoms with Crippen molar-refractivity contribution in [3.63, 3.8) is 0 Å². The molecule has 0 radical (unpaired) electrons. The van der Waals surface area contributed by atoms with Gasteiger partial charge in [0.25, 0.3) is 0 Å². The molecule has 0 atom stereocenters. The van der Waals surface area contributed by atoms with E-state index in [-0.39, 0.29) is 17.1 Å². The summed E-state index contributed by atoms with van der Waals surface area (Å²) in [5.41, 5.74) is 1.97. The first kappa shape index (κ1) is 23.0. The smallest absolute Gasteiger partial charge is 0.191 e. The molecule has 0 unspecified atom stereocenters. The molecular weight excluding hydrogens is 428 g/mol. The van der Waals surface area contributed by atoms with Gasteiger partial charge in [-0.3, -0.25) is 9.59 Å². The fraction of sp³-hybridized carbons (Fsp3) is 0.200. The molecule has 2 aromatic carbocycles. The molecule has 0 N–H and O–H groups in total. The number of methoxy groups -OCH3 is 2. The molecule has 1 aliphatic rings. The lowest BCUT2D eigenvalue weighted by Crippen LogP contribution is -2.12. The van der Waals surface area contributed by atoms with E-state index in [9.17, 15) is 9.59 Å². The third-order valence-electron chi connectivity index (χ3n) is 4.54. The highest BCUT2D eigenvalue weighted by molar-refractivity contribution is 8.22. The molecule has 1 aliphatic heterocycles. The Morgan fingerprint density at radius 1 is 0.742 bits per heavy atom. The summed E-state index contributed by atoms with van der Waals surface area (Å²) in [7, 11) is 3.22. The Morgan fingerprint density at radius 2 is 1.16 bits per heavy atom. The van der Waals surface area contributed by atoms with Crippen LogP contribution in [-0.2, 0) is 9.59 Å². The lowest BCUT2D eigenvalue weighted by Gasteiger charge is -2.15. The zero-order valence-corrected chi connectivity index (χ0v) is 19.1. The van der Waals surface area contributed by atoms with E-state index in [1.807, 2.05) is 48.5 Å².